The van der Waals surface area contributed by atoms with Crippen LogP contribution in [0.5, 0.6) is 0 Å². The van der Waals surface area contributed by atoms with Gasteiger partial charge in [0.05, 0.1) is 19.1 Å². The van der Waals surface area contributed by atoms with Gasteiger partial charge in [-0.1, -0.05) is 6.92 Å². The summed E-state index contributed by atoms with van der Waals surface area (Å²) in [7, 11) is 1.58. The van der Waals surface area contributed by atoms with Crippen molar-refractivity contribution in [3.63, 3.8) is 0 Å². The van der Waals surface area contributed by atoms with Crippen LogP contribution in [0.1, 0.15) is 33.6 Å². The van der Waals surface area contributed by atoms with Crippen LogP contribution in [0.15, 0.2) is 0 Å². The van der Waals surface area contributed by atoms with E-state index in [9.17, 15) is 9.59 Å². The molecule has 2 N–H and O–H groups in total. The third-order valence-corrected chi connectivity index (χ3v) is 2.64. The van der Waals surface area contributed by atoms with Gasteiger partial charge in [-0.3, -0.25) is 4.79 Å². The highest BCUT2D eigenvalue weighted by Gasteiger charge is 2.20. The number of hydrogen-bond donors (Lipinski definition) is 2. The Morgan fingerprint density at radius 3 is 2.39 bits per heavy atom. The van der Waals surface area contributed by atoms with Gasteiger partial charge in [0.2, 0.25) is 0 Å². The number of carbonyl (C=O) groups excluding carboxylic acids is 1. The van der Waals surface area contributed by atoms with E-state index in [1.54, 1.807) is 7.11 Å². The van der Waals surface area contributed by atoms with Crippen LogP contribution in [0.25, 0.3) is 0 Å². The second-order valence-electron chi connectivity index (χ2n) is 4.44. The number of methoxy groups -OCH3 is 1. The first-order chi connectivity index (χ1) is 8.42. The molecule has 0 saturated heterocycles. The Bertz CT molecular complexity index is 269. The van der Waals surface area contributed by atoms with Gasteiger partial charge in [-0.2, -0.15) is 0 Å². The Hall–Kier alpha value is -1.30. The Balaban J connectivity index is 4.41. The quantitative estimate of drug-likeness (QED) is 0.689. The van der Waals surface area contributed by atoms with E-state index in [2.05, 4.69) is 5.32 Å². The molecule has 106 valence electrons. The molecule has 0 fully saturated rings. The largest absolute Gasteiger partial charge is 0.481 e. The third kappa shape index (κ3) is 6.44. The van der Waals surface area contributed by atoms with Crippen molar-refractivity contribution < 1.29 is 19.4 Å². The molecule has 2 amide bonds. The van der Waals surface area contributed by atoms with Crippen molar-refractivity contribution >= 4 is 12.0 Å². The fourth-order valence-electron chi connectivity index (χ4n) is 1.53. The zero-order chi connectivity index (χ0) is 14.1. The number of nitrogens with one attached hydrogen (secondary N) is 1. The highest BCUT2D eigenvalue weighted by molar-refractivity contribution is 5.75. The molecule has 6 heteroatoms. The van der Waals surface area contributed by atoms with Gasteiger partial charge in [-0.25, -0.2) is 4.79 Å². The first-order valence-corrected chi connectivity index (χ1v) is 6.20. The van der Waals surface area contributed by atoms with Gasteiger partial charge in [-0.05, 0) is 20.3 Å². The number of ether oxygens (including phenoxy) is 1. The molecule has 0 aliphatic heterocycles. The number of urea groups is 1. The minimum atomic E-state index is -0.905. The Labute approximate surface area is 108 Å². The van der Waals surface area contributed by atoms with Gasteiger partial charge in [-0.15, -0.1) is 0 Å². The van der Waals surface area contributed by atoms with Crippen LogP contribution < -0.4 is 5.32 Å². The zero-order valence-electron chi connectivity index (χ0n) is 11.6. The molecule has 0 radical (unpaired) electrons. The minimum Gasteiger partial charge on any atom is -0.481 e. The summed E-state index contributed by atoms with van der Waals surface area (Å²) in [5, 5.41) is 11.5. The van der Waals surface area contributed by atoms with Crippen LogP contribution >= 0.6 is 0 Å². The molecule has 0 aromatic carbocycles. The average molecular weight is 260 g/mol. The minimum absolute atomic E-state index is 0.0376. The molecule has 0 bridgehead atoms. The van der Waals surface area contributed by atoms with Crippen LogP contribution in [-0.4, -0.2) is 54.4 Å². The smallest absolute Gasteiger partial charge is 0.317 e. The number of carboxylic acids is 1. The van der Waals surface area contributed by atoms with E-state index in [4.69, 9.17) is 9.84 Å². The summed E-state index contributed by atoms with van der Waals surface area (Å²) in [5.41, 5.74) is 0. The number of carboxylic acid groups (broad SMARTS) is 1. The average Bonchev–Trinajstić information content (AvgIpc) is 2.27. The fourth-order valence-corrected chi connectivity index (χ4v) is 1.53. The summed E-state index contributed by atoms with van der Waals surface area (Å²) in [6.45, 7) is 6.34. The maximum absolute atomic E-state index is 12.0. The van der Waals surface area contributed by atoms with Crippen LogP contribution in [0.4, 0.5) is 4.79 Å². The van der Waals surface area contributed by atoms with Crippen molar-refractivity contribution in [3.05, 3.63) is 0 Å². The van der Waals surface area contributed by atoms with Gasteiger partial charge in [0.25, 0.3) is 0 Å². The maximum atomic E-state index is 12.0. The number of hydrogen-bond acceptors (Lipinski definition) is 3. The first-order valence-electron chi connectivity index (χ1n) is 6.20. The van der Waals surface area contributed by atoms with Crippen molar-refractivity contribution in [2.24, 2.45) is 0 Å². The SMILES string of the molecule is CCC(COC)NC(=O)N(CCC(=O)O)C(C)C. The number of rotatable bonds is 8. The van der Waals surface area contributed by atoms with E-state index < -0.39 is 5.97 Å². The molecule has 0 aromatic rings. The zero-order valence-corrected chi connectivity index (χ0v) is 11.6. The predicted octanol–water partition coefficient (Wildman–Crippen LogP) is 1.31. The molecule has 0 saturated carbocycles. The Morgan fingerprint density at radius 2 is 2.00 bits per heavy atom. The normalized spacial score (nSPS) is 12.3. The second-order valence-corrected chi connectivity index (χ2v) is 4.44. The van der Waals surface area contributed by atoms with Crippen molar-refractivity contribution in [2.75, 3.05) is 20.3 Å². The summed E-state index contributed by atoms with van der Waals surface area (Å²) >= 11 is 0. The van der Waals surface area contributed by atoms with Crippen molar-refractivity contribution in [1.82, 2.24) is 10.2 Å². The lowest BCUT2D eigenvalue weighted by Crippen LogP contribution is -2.49. The molecule has 0 aliphatic carbocycles. The number of aliphatic carboxylic acids is 1. The van der Waals surface area contributed by atoms with Crippen LogP contribution in [0.2, 0.25) is 0 Å². The Kier molecular flexibility index (Phi) is 8.11. The van der Waals surface area contributed by atoms with Crippen LogP contribution in [0, 0.1) is 0 Å². The van der Waals surface area contributed by atoms with E-state index in [-0.39, 0.29) is 31.1 Å². The van der Waals surface area contributed by atoms with Crippen molar-refractivity contribution in [3.8, 4) is 0 Å². The van der Waals surface area contributed by atoms with Gasteiger partial charge < -0.3 is 20.1 Å². The van der Waals surface area contributed by atoms with Crippen LogP contribution in [0.3, 0.4) is 0 Å². The third-order valence-electron chi connectivity index (χ3n) is 2.64. The van der Waals surface area contributed by atoms with E-state index in [1.165, 1.54) is 4.90 Å². The molecule has 0 aromatic heterocycles. The highest BCUT2D eigenvalue weighted by atomic mass is 16.5. The molecule has 0 rings (SSSR count). The van der Waals surface area contributed by atoms with E-state index in [1.807, 2.05) is 20.8 Å². The van der Waals surface area contributed by atoms with Crippen molar-refractivity contribution in [1.29, 1.82) is 0 Å². The topological polar surface area (TPSA) is 78.9 Å². The Morgan fingerprint density at radius 1 is 1.39 bits per heavy atom. The van der Waals surface area contributed by atoms with Gasteiger partial charge in [0.15, 0.2) is 0 Å². The number of carbonyl (C=O) groups is 2. The number of nitrogens with zero attached hydrogens (tertiary/aromatic N) is 1. The molecular weight excluding hydrogens is 236 g/mol. The first kappa shape index (κ1) is 16.7. The predicted molar refractivity (Wildman–Crippen MR) is 68.6 cm³/mol. The summed E-state index contributed by atoms with van der Waals surface area (Å²) in [4.78, 5) is 24.1. The number of amides is 2. The summed E-state index contributed by atoms with van der Waals surface area (Å²) < 4.78 is 5.01. The van der Waals surface area contributed by atoms with E-state index >= 15 is 0 Å². The van der Waals surface area contributed by atoms with E-state index in [0.717, 1.165) is 6.42 Å². The maximum Gasteiger partial charge on any atom is 0.317 e. The summed E-state index contributed by atoms with van der Waals surface area (Å²) in [5.74, 6) is -0.905. The molecule has 1 atom stereocenters. The van der Waals surface area contributed by atoms with E-state index in [0.29, 0.717) is 6.61 Å². The molecule has 18 heavy (non-hydrogen) atoms. The molecule has 0 heterocycles. The van der Waals surface area contributed by atoms with Crippen molar-refractivity contribution in [2.45, 2.75) is 45.7 Å². The molecular formula is C12H24N2O4. The summed E-state index contributed by atoms with van der Waals surface area (Å²) in [6.07, 6.45) is 0.719. The van der Waals surface area contributed by atoms with Gasteiger partial charge in [0.1, 0.15) is 0 Å². The molecule has 6 nitrogen and oxygen atoms in total. The van der Waals surface area contributed by atoms with Gasteiger partial charge >= 0.3 is 12.0 Å². The lowest BCUT2D eigenvalue weighted by molar-refractivity contribution is -0.137. The molecule has 0 spiro atoms. The monoisotopic (exact) mass is 260 g/mol. The lowest BCUT2D eigenvalue weighted by Gasteiger charge is -2.28. The lowest BCUT2D eigenvalue weighted by atomic mass is 10.2. The summed E-state index contributed by atoms with van der Waals surface area (Å²) in [6, 6.07) is -0.326. The van der Waals surface area contributed by atoms with Crippen LogP contribution in [-0.2, 0) is 9.53 Å². The highest BCUT2D eigenvalue weighted by Crippen LogP contribution is 2.02. The molecule has 0 aliphatic rings. The fraction of sp³-hybridized carbons (Fsp3) is 0.833. The standard InChI is InChI=1S/C12H24N2O4/c1-5-10(8-18-4)13-12(17)14(9(2)3)7-6-11(15)16/h9-10H,5-8H2,1-4H3,(H,13,17)(H,15,16). The second kappa shape index (κ2) is 8.74. The molecule has 1 unspecified atom stereocenters. The van der Waals surface area contributed by atoms with Gasteiger partial charge in [0, 0.05) is 19.7 Å².